The average Bonchev–Trinajstić information content (AvgIpc) is 2.51. The normalized spacial score (nSPS) is 19.4. The van der Waals surface area contributed by atoms with Gasteiger partial charge >= 0.3 is 0 Å². The molecule has 1 N–H and O–H groups in total. The Balaban J connectivity index is 2.11. The van der Waals surface area contributed by atoms with Crippen LogP contribution < -0.4 is 5.32 Å². The standard InChI is InChI=1S/C17H25BrFNO/c1-20-16(11-13-10-14(19)8-9-15(13)18)17(21-2)12-6-4-3-5-7-12/h8-10,12,16-17,20H,3-7,11H2,1-2H3. The van der Waals surface area contributed by atoms with Crippen molar-refractivity contribution in [2.45, 2.75) is 50.7 Å². The predicted molar refractivity (Wildman–Crippen MR) is 88.0 cm³/mol. The number of likely N-dealkylation sites (N-methyl/N-ethyl adjacent to an activating group) is 1. The Kier molecular flexibility index (Phi) is 6.65. The van der Waals surface area contributed by atoms with Gasteiger partial charge in [0.05, 0.1) is 6.10 Å². The van der Waals surface area contributed by atoms with E-state index < -0.39 is 0 Å². The van der Waals surface area contributed by atoms with Crippen LogP contribution in [-0.2, 0) is 11.2 Å². The van der Waals surface area contributed by atoms with E-state index in [9.17, 15) is 4.39 Å². The SMILES string of the molecule is CNC(Cc1cc(F)ccc1Br)C(OC)C1CCCCC1. The summed E-state index contributed by atoms with van der Waals surface area (Å²) in [4.78, 5) is 0. The van der Waals surface area contributed by atoms with Crippen molar-refractivity contribution >= 4 is 15.9 Å². The van der Waals surface area contributed by atoms with Crippen molar-refractivity contribution in [1.29, 1.82) is 0 Å². The molecule has 21 heavy (non-hydrogen) atoms. The smallest absolute Gasteiger partial charge is 0.123 e. The number of rotatable bonds is 6. The van der Waals surface area contributed by atoms with Crippen LogP contribution in [-0.4, -0.2) is 26.3 Å². The van der Waals surface area contributed by atoms with Gasteiger partial charge in [-0.1, -0.05) is 35.2 Å². The zero-order chi connectivity index (χ0) is 15.2. The highest BCUT2D eigenvalue weighted by atomic mass is 79.9. The van der Waals surface area contributed by atoms with Gasteiger partial charge in [-0.25, -0.2) is 4.39 Å². The van der Waals surface area contributed by atoms with E-state index in [-0.39, 0.29) is 18.0 Å². The summed E-state index contributed by atoms with van der Waals surface area (Å²) in [6.45, 7) is 0. The zero-order valence-electron chi connectivity index (χ0n) is 12.9. The molecule has 1 saturated carbocycles. The van der Waals surface area contributed by atoms with Crippen molar-refractivity contribution in [3.8, 4) is 0 Å². The minimum atomic E-state index is -0.185. The molecule has 0 spiro atoms. The summed E-state index contributed by atoms with van der Waals surface area (Å²) in [5, 5.41) is 3.38. The fourth-order valence-electron chi connectivity index (χ4n) is 3.47. The van der Waals surface area contributed by atoms with E-state index in [1.54, 1.807) is 19.2 Å². The maximum absolute atomic E-state index is 13.5. The van der Waals surface area contributed by atoms with Crippen molar-refractivity contribution in [2.24, 2.45) is 5.92 Å². The summed E-state index contributed by atoms with van der Waals surface area (Å²) in [5.41, 5.74) is 0.993. The number of hydrogen-bond acceptors (Lipinski definition) is 2. The van der Waals surface area contributed by atoms with Crippen molar-refractivity contribution in [1.82, 2.24) is 5.32 Å². The van der Waals surface area contributed by atoms with Gasteiger partial charge < -0.3 is 10.1 Å². The summed E-state index contributed by atoms with van der Waals surface area (Å²) >= 11 is 3.52. The summed E-state index contributed by atoms with van der Waals surface area (Å²) in [6, 6.07) is 5.08. The maximum atomic E-state index is 13.5. The van der Waals surface area contributed by atoms with E-state index in [0.29, 0.717) is 5.92 Å². The Bertz CT molecular complexity index is 448. The number of benzene rings is 1. The number of nitrogens with one attached hydrogen (secondary N) is 1. The predicted octanol–water partition coefficient (Wildman–Crippen LogP) is 4.31. The van der Waals surface area contributed by atoms with E-state index in [1.165, 1.54) is 38.2 Å². The molecule has 0 radical (unpaired) electrons. The van der Waals surface area contributed by atoms with Crippen LogP contribution in [0.1, 0.15) is 37.7 Å². The monoisotopic (exact) mass is 357 g/mol. The van der Waals surface area contributed by atoms with E-state index in [4.69, 9.17) is 4.74 Å². The molecule has 0 aliphatic heterocycles. The molecule has 0 heterocycles. The molecule has 1 aromatic carbocycles. The molecule has 0 saturated heterocycles. The minimum Gasteiger partial charge on any atom is -0.380 e. The van der Waals surface area contributed by atoms with Crippen LogP contribution in [0.5, 0.6) is 0 Å². The fourth-order valence-corrected chi connectivity index (χ4v) is 3.88. The lowest BCUT2D eigenvalue weighted by Gasteiger charge is -2.35. The van der Waals surface area contributed by atoms with Gasteiger partial charge in [-0.2, -0.15) is 0 Å². The first-order chi connectivity index (χ1) is 10.2. The Morgan fingerprint density at radius 1 is 1.33 bits per heavy atom. The summed E-state index contributed by atoms with van der Waals surface area (Å²) in [5.74, 6) is 0.420. The van der Waals surface area contributed by atoms with Crippen LogP contribution in [0.25, 0.3) is 0 Å². The minimum absolute atomic E-state index is 0.185. The summed E-state index contributed by atoms with van der Waals surface area (Å²) in [7, 11) is 3.76. The average molecular weight is 358 g/mol. The van der Waals surface area contributed by atoms with E-state index >= 15 is 0 Å². The molecule has 4 heteroatoms. The largest absolute Gasteiger partial charge is 0.380 e. The third-order valence-electron chi connectivity index (χ3n) is 4.60. The molecular formula is C17H25BrFNO. The molecule has 2 atom stereocenters. The second-order valence-corrected chi connectivity index (χ2v) is 6.79. The molecule has 1 aliphatic carbocycles. The lowest BCUT2D eigenvalue weighted by Crippen LogP contribution is -2.45. The highest BCUT2D eigenvalue weighted by molar-refractivity contribution is 9.10. The third-order valence-corrected chi connectivity index (χ3v) is 5.38. The Morgan fingerprint density at radius 3 is 2.67 bits per heavy atom. The summed E-state index contributed by atoms with van der Waals surface area (Å²) < 4.78 is 20.2. The van der Waals surface area contributed by atoms with Gasteiger partial charge in [0.25, 0.3) is 0 Å². The number of halogens is 2. The first-order valence-electron chi connectivity index (χ1n) is 7.79. The zero-order valence-corrected chi connectivity index (χ0v) is 14.5. The van der Waals surface area contributed by atoms with E-state index in [0.717, 1.165) is 16.5 Å². The molecule has 1 aromatic rings. The number of hydrogen-bond donors (Lipinski definition) is 1. The van der Waals surface area contributed by atoms with Crippen molar-refractivity contribution in [2.75, 3.05) is 14.2 Å². The van der Waals surface area contributed by atoms with Crippen LogP contribution in [0.2, 0.25) is 0 Å². The second kappa shape index (κ2) is 8.25. The van der Waals surface area contributed by atoms with Crippen LogP contribution in [0.15, 0.2) is 22.7 Å². The van der Waals surface area contributed by atoms with Gasteiger partial charge in [0, 0.05) is 17.6 Å². The van der Waals surface area contributed by atoms with E-state index in [2.05, 4.69) is 21.2 Å². The van der Waals surface area contributed by atoms with Gasteiger partial charge in [-0.15, -0.1) is 0 Å². The molecular weight excluding hydrogens is 333 g/mol. The van der Waals surface area contributed by atoms with Gasteiger partial charge in [0.15, 0.2) is 0 Å². The molecule has 2 rings (SSSR count). The van der Waals surface area contributed by atoms with Crippen LogP contribution in [0.4, 0.5) is 4.39 Å². The Hall–Kier alpha value is -0.450. The molecule has 0 amide bonds. The first kappa shape index (κ1) is 16.9. The van der Waals surface area contributed by atoms with Crippen molar-refractivity contribution in [3.63, 3.8) is 0 Å². The molecule has 1 fully saturated rings. The maximum Gasteiger partial charge on any atom is 0.123 e. The fraction of sp³-hybridized carbons (Fsp3) is 0.647. The highest BCUT2D eigenvalue weighted by Gasteiger charge is 2.30. The molecule has 2 unspecified atom stereocenters. The Morgan fingerprint density at radius 2 is 2.05 bits per heavy atom. The second-order valence-electron chi connectivity index (χ2n) is 5.93. The number of ether oxygens (including phenoxy) is 1. The quantitative estimate of drug-likeness (QED) is 0.818. The molecule has 2 nitrogen and oxygen atoms in total. The lowest BCUT2D eigenvalue weighted by atomic mass is 9.81. The first-order valence-corrected chi connectivity index (χ1v) is 8.59. The van der Waals surface area contributed by atoms with Gasteiger partial charge in [-0.3, -0.25) is 0 Å². The molecule has 0 bridgehead atoms. The van der Waals surface area contributed by atoms with Crippen molar-refractivity contribution in [3.05, 3.63) is 34.1 Å². The van der Waals surface area contributed by atoms with Gasteiger partial charge in [0.2, 0.25) is 0 Å². The summed E-state index contributed by atoms with van der Waals surface area (Å²) in [6.07, 6.45) is 7.36. The van der Waals surface area contributed by atoms with Crippen LogP contribution in [0.3, 0.4) is 0 Å². The number of methoxy groups -OCH3 is 1. The highest BCUT2D eigenvalue weighted by Crippen LogP contribution is 2.31. The lowest BCUT2D eigenvalue weighted by molar-refractivity contribution is 0.0101. The topological polar surface area (TPSA) is 21.3 Å². The van der Waals surface area contributed by atoms with Crippen LogP contribution >= 0.6 is 15.9 Å². The van der Waals surface area contributed by atoms with Gasteiger partial charge in [-0.05, 0) is 56.0 Å². The van der Waals surface area contributed by atoms with Crippen LogP contribution in [0, 0.1) is 11.7 Å². The third kappa shape index (κ3) is 4.51. The molecule has 0 aromatic heterocycles. The van der Waals surface area contributed by atoms with Gasteiger partial charge in [0.1, 0.15) is 5.82 Å². The van der Waals surface area contributed by atoms with E-state index in [1.807, 2.05) is 7.05 Å². The Labute approximate surface area is 135 Å². The molecule has 118 valence electrons. The molecule has 1 aliphatic rings. The van der Waals surface area contributed by atoms with Crippen molar-refractivity contribution < 1.29 is 9.13 Å².